The monoisotopic (exact) mass is 318 g/mol. The van der Waals surface area contributed by atoms with Crippen LogP contribution in [0, 0.1) is 6.92 Å². The molecule has 0 spiro atoms. The van der Waals surface area contributed by atoms with Crippen molar-refractivity contribution < 1.29 is 0 Å². The van der Waals surface area contributed by atoms with Crippen molar-refractivity contribution in [1.82, 2.24) is 15.0 Å². The van der Waals surface area contributed by atoms with E-state index in [1.165, 1.54) is 0 Å². The van der Waals surface area contributed by atoms with E-state index in [0.717, 1.165) is 32.3 Å². The first-order valence-corrected chi connectivity index (χ1v) is 8.13. The topological polar surface area (TPSA) is 50.7 Å². The molecule has 0 bridgehead atoms. The molecule has 0 saturated heterocycles. The van der Waals surface area contributed by atoms with Gasteiger partial charge in [-0.05, 0) is 19.1 Å². The zero-order valence-corrected chi connectivity index (χ0v) is 13.3. The molecule has 23 heavy (non-hydrogen) atoms. The number of nitrogens with zero attached hydrogens (tertiary/aromatic N) is 3. The molecule has 2 heterocycles. The van der Waals surface area contributed by atoms with E-state index in [0.29, 0.717) is 5.82 Å². The zero-order chi connectivity index (χ0) is 15.6. The van der Waals surface area contributed by atoms with Gasteiger partial charge in [0.05, 0.1) is 5.52 Å². The van der Waals surface area contributed by atoms with E-state index in [2.05, 4.69) is 15.3 Å². The molecule has 4 rings (SSSR count). The molecule has 0 aliphatic heterocycles. The lowest BCUT2D eigenvalue weighted by Crippen LogP contribution is -1.98. The Kier molecular flexibility index (Phi) is 3.48. The van der Waals surface area contributed by atoms with E-state index in [-0.39, 0.29) is 0 Å². The molecule has 2 aromatic heterocycles. The molecular weight excluding hydrogens is 304 g/mol. The summed E-state index contributed by atoms with van der Waals surface area (Å²) in [5, 5.41) is 5.16. The summed E-state index contributed by atoms with van der Waals surface area (Å²) in [7, 11) is 0. The summed E-state index contributed by atoms with van der Waals surface area (Å²) in [6, 6.07) is 18.0. The third kappa shape index (κ3) is 2.78. The molecule has 112 valence electrons. The van der Waals surface area contributed by atoms with Gasteiger partial charge in [0.15, 0.2) is 11.0 Å². The Balaban J connectivity index is 1.87. The van der Waals surface area contributed by atoms with Gasteiger partial charge >= 0.3 is 0 Å². The van der Waals surface area contributed by atoms with Gasteiger partial charge in [0.25, 0.3) is 0 Å². The molecule has 0 atom stereocenters. The molecule has 0 radical (unpaired) electrons. The number of aryl methyl sites for hydroxylation is 1. The van der Waals surface area contributed by atoms with Crippen molar-refractivity contribution in [2.24, 2.45) is 0 Å². The van der Waals surface area contributed by atoms with Gasteiger partial charge < -0.3 is 5.32 Å². The van der Waals surface area contributed by atoms with Crippen LogP contribution in [0.4, 0.5) is 10.9 Å². The van der Waals surface area contributed by atoms with Crippen molar-refractivity contribution in [3.8, 4) is 11.4 Å². The van der Waals surface area contributed by atoms with Crippen molar-refractivity contribution in [2.75, 3.05) is 5.32 Å². The standard InChI is InChI=1S/C18H14N4S/c1-12-11-19-18(23-12)22-17-14-9-5-6-10-15(14)20-16(21-17)13-7-3-2-4-8-13/h2-11H,1H3,(H,19,20,21,22). The van der Waals surface area contributed by atoms with Gasteiger partial charge in [-0.2, -0.15) is 0 Å². The minimum absolute atomic E-state index is 0.708. The van der Waals surface area contributed by atoms with Gasteiger partial charge in [-0.25, -0.2) is 15.0 Å². The normalized spacial score (nSPS) is 10.8. The summed E-state index contributed by atoms with van der Waals surface area (Å²) >= 11 is 1.61. The Morgan fingerprint density at radius 1 is 0.913 bits per heavy atom. The highest BCUT2D eigenvalue weighted by molar-refractivity contribution is 7.15. The van der Waals surface area contributed by atoms with E-state index in [1.54, 1.807) is 11.3 Å². The van der Waals surface area contributed by atoms with Crippen LogP contribution in [0.25, 0.3) is 22.3 Å². The summed E-state index contributed by atoms with van der Waals surface area (Å²) in [5.41, 5.74) is 1.91. The highest BCUT2D eigenvalue weighted by Gasteiger charge is 2.10. The quantitative estimate of drug-likeness (QED) is 0.589. The van der Waals surface area contributed by atoms with Gasteiger partial charge in [-0.3, -0.25) is 0 Å². The minimum Gasteiger partial charge on any atom is -0.316 e. The summed E-state index contributed by atoms with van der Waals surface area (Å²) in [5.74, 6) is 1.49. The average molecular weight is 318 g/mol. The summed E-state index contributed by atoms with van der Waals surface area (Å²) in [6.45, 7) is 2.04. The zero-order valence-electron chi connectivity index (χ0n) is 12.5. The fraction of sp³-hybridized carbons (Fsp3) is 0.0556. The van der Waals surface area contributed by atoms with Gasteiger partial charge in [0, 0.05) is 22.0 Å². The number of hydrogen-bond acceptors (Lipinski definition) is 5. The van der Waals surface area contributed by atoms with Gasteiger partial charge in [-0.15, -0.1) is 11.3 Å². The van der Waals surface area contributed by atoms with E-state index in [9.17, 15) is 0 Å². The average Bonchev–Trinajstić information content (AvgIpc) is 3.00. The fourth-order valence-electron chi connectivity index (χ4n) is 2.40. The molecule has 0 fully saturated rings. The predicted octanol–water partition coefficient (Wildman–Crippen LogP) is 4.81. The first kappa shape index (κ1) is 13.8. The van der Waals surface area contributed by atoms with Crippen molar-refractivity contribution >= 4 is 33.2 Å². The Morgan fingerprint density at radius 2 is 1.70 bits per heavy atom. The molecule has 4 nitrogen and oxygen atoms in total. The minimum atomic E-state index is 0.708. The van der Waals surface area contributed by atoms with Crippen LogP contribution >= 0.6 is 11.3 Å². The summed E-state index contributed by atoms with van der Waals surface area (Å²) in [6.07, 6.45) is 1.86. The molecule has 0 aliphatic rings. The largest absolute Gasteiger partial charge is 0.316 e. The molecule has 4 aromatic rings. The Morgan fingerprint density at radius 3 is 2.48 bits per heavy atom. The third-order valence-corrected chi connectivity index (χ3v) is 4.31. The van der Waals surface area contributed by atoms with Gasteiger partial charge in [0.1, 0.15) is 5.82 Å². The number of anilines is 2. The van der Waals surface area contributed by atoms with E-state index < -0.39 is 0 Å². The highest BCUT2D eigenvalue weighted by atomic mass is 32.1. The second-order valence-electron chi connectivity index (χ2n) is 5.18. The molecule has 0 aliphatic carbocycles. The predicted molar refractivity (Wildman–Crippen MR) is 95.1 cm³/mol. The first-order chi connectivity index (χ1) is 11.3. The lowest BCUT2D eigenvalue weighted by Gasteiger charge is -2.09. The lowest BCUT2D eigenvalue weighted by atomic mass is 10.2. The molecular formula is C18H14N4S. The number of aromatic nitrogens is 3. The number of rotatable bonds is 3. The highest BCUT2D eigenvalue weighted by Crippen LogP contribution is 2.28. The Hall–Kier alpha value is -2.79. The number of thiazole rings is 1. The van der Waals surface area contributed by atoms with Crippen molar-refractivity contribution in [2.45, 2.75) is 6.92 Å². The molecule has 0 unspecified atom stereocenters. The lowest BCUT2D eigenvalue weighted by molar-refractivity contribution is 1.22. The van der Waals surface area contributed by atoms with Gasteiger partial charge in [-0.1, -0.05) is 42.5 Å². The van der Waals surface area contributed by atoms with Crippen LogP contribution in [0.15, 0.2) is 60.8 Å². The third-order valence-electron chi connectivity index (χ3n) is 3.48. The van der Waals surface area contributed by atoms with Crippen LogP contribution in [-0.4, -0.2) is 15.0 Å². The van der Waals surface area contributed by atoms with E-state index in [1.807, 2.05) is 67.7 Å². The van der Waals surface area contributed by atoms with Gasteiger partial charge in [0.2, 0.25) is 0 Å². The maximum absolute atomic E-state index is 4.72. The molecule has 5 heteroatoms. The second kappa shape index (κ2) is 5.78. The van der Waals surface area contributed by atoms with Crippen LogP contribution in [0.3, 0.4) is 0 Å². The Bertz CT molecular complexity index is 963. The summed E-state index contributed by atoms with van der Waals surface area (Å²) in [4.78, 5) is 14.9. The molecule has 2 aromatic carbocycles. The smallest absolute Gasteiger partial charge is 0.188 e. The van der Waals surface area contributed by atoms with E-state index in [4.69, 9.17) is 4.98 Å². The SMILES string of the molecule is Cc1cnc(Nc2nc(-c3ccccc3)nc3ccccc23)s1. The Labute approximate surface area is 137 Å². The van der Waals surface area contributed by atoms with Crippen LogP contribution in [0.5, 0.6) is 0 Å². The summed E-state index contributed by atoms with van der Waals surface area (Å²) < 4.78 is 0. The molecule has 0 amide bonds. The number of para-hydroxylation sites is 1. The van der Waals surface area contributed by atoms with E-state index >= 15 is 0 Å². The van der Waals surface area contributed by atoms with Crippen molar-refractivity contribution in [3.63, 3.8) is 0 Å². The number of hydrogen-bond donors (Lipinski definition) is 1. The maximum Gasteiger partial charge on any atom is 0.188 e. The number of benzene rings is 2. The molecule has 1 N–H and O–H groups in total. The second-order valence-corrected chi connectivity index (χ2v) is 6.41. The maximum atomic E-state index is 4.72. The fourth-order valence-corrected chi connectivity index (χ4v) is 3.07. The van der Waals surface area contributed by atoms with Crippen LogP contribution in [-0.2, 0) is 0 Å². The molecule has 0 saturated carbocycles. The number of nitrogens with one attached hydrogen (secondary N) is 1. The van der Waals surface area contributed by atoms with Crippen LogP contribution in [0.1, 0.15) is 4.88 Å². The van der Waals surface area contributed by atoms with Crippen molar-refractivity contribution in [1.29, 1.82) is 0 Å². The van der Waals surface area contributed by atoms with Crippen molar-refractivity contribution in [3.05, 3.63) is 65.7 Å². The van der Waals surface area contributed by atoms with Crippen LogP contribution < -0.4 is 5.32 Å². The number of fused-ring (bicyclic) bond motifs is 1. The first-order valence-electron chi connectivity index (χ1n) is 7.31. The van der Waals surface area contributed by atoms with Crippen LogP contribution in [0.2, 0.25) is 0 Å².